The summed E-state index contributed by atoms with van der Waals surface area (Å²) in [5.41, 5.74) is 1.58. The van der Waals surface area contributed by atoms with Gasteiger partial charge in [-0.25, -0.2) is 4.79 Å². The van der Waals surface area contributed by atoms with Crippen molar-refractivity contribution >= 4 is 12.0 Å². The summed E-state index contributed by atoms with van der Waals surface area (Å²) in [7, 11) is 0. The smallest absolute Gasteiger partial charge is 0.338 e. The van der Waals surface area contributed by atoms with Gasteiger partial charge >= 0.3 is 5.97 Å². The molecule has 0 heterocycles. The number of carbonyl (C=O) groups is 1. The molecule has 1 aromatic carbocycles. The van der Waals surface area contributed by atoms with Gasteiger partial charge < -0.3 is 4.74 Å². The normalized spacial score (nSPS) is 22.4. The Balaban J connectivity index is 1.99. The highest BCUT2D eigenvalue weighted by Gasteiger charge is 2.19. The van der Waals surface area contributed by atoms with E-state index in [0.717, 1.165) is 12.0 Å². The molecule has 2 unspecified atom stereocenters. The van der Waals surface area contributed by atoms with Gasteiger partial charge in [0, 0.05) is 0 Å². The van der Waals surface area contributed by atoms with E-state index in [4.69, 9.17) is 4.74 Å². The van der Waals surface area contributed by atoms with Crippen molar-refractivity contribution in [3.05, 3.63) is 54.1 Å². The minimum Gasteiger partial charge on any atom is -0.455 e. The topological polar surface area (TPSA) is 26.3 Å². The number of hydrogen-bond acceptors (Lipinski definition) is 2. The summed E-state index contributed by atoms with van der Waals surface area (Å²) in [5.74, 6) is 0.236. The molecule has 88 valence electrons. The molecule has 0 radical (unpaired) electrons. The van der Waals surface area contributed by atoms with Crippen LogP contribution in [0.3, 0.4) is 0 Å². The Hall–Kier alpha value is -1.83. The van der Waals surface area contributed by atoms with Crippen molar-refractivity contribution in [1.29, 1.82) is 0 Å². The average Bonchev–Trinajstić information content (AvgIpc) is 2.75. The van der Waals surface area contributed by atoms with Crippen molar-refractivity contribution in [3.8, 4) is 0 Å². The third-order valence-corrected chi connectivity index (χ3v) is 2.90. The van der Waals surface area contributed by atoms with E-state index in [-0.39, 0.29) is 12.1 Å². The van der Waals surface area contributed by atoms with Crippen molar-refractivity contribution in [2.75, 3.05) is 0 Å². The second kappa shape index (κ2) is 5.00. The highest BCUT2D eigenvalue weighted by Crippen LogP contribution is 2.20. The predicted molar refractivity (Wildman–Crippen MR) is 68.7 cm³/mol. The third kappa shape index (κ3) is 2.84. The molecule has 0 saturated heterocycles. The van der Waals surface area contributed by atoms with Gasteiger partial charge in [0.2, 0.25) is 0 Å². The van der Waals surface area contributed by atoms with E-state index in [1.807, 2.05) is 18.2 Å². The molecule has 0 aliphatic heterocycles. The number of carbonyl (C=O) groups excluding carboxylic acids is 1. The number of rotatable bonds is 3. The molecule has 0 fully saturated rings. The Morgan fingerprint density at radius 2 is 2.06 bits per heavy atom. The summed E-state index contributed by atoms with van der Waals surface area (Å²) < 4.78 is 5.39. The fraction of sp³-hybridized carbons (Fsp3) is 0.267. The van der Waals surface area contributed by atoms with E-state index in [0.29, 0.717) is 11.5 Å². The second-order valence-corrected chi connectivity index (χ2v) is 4.37. The van der Waals surface area contributed by atoms with Crippen LogP contribution in [0.4, 0.5) is 0 Å². The number of esters is 1. The molecule has 1 aliphatic rings. The van der Waals surface area contributed by atoms with E-state index in [9.17, 15) is 4.79 Å². The predicted octanol–water partition coefficient (Wildman–Crippen LogP) is 3.45. The highest BCUT2D eigenvalue weighted by atomic mass is 16.5. The first-order chi connectivity index (χ1) is 8.19. The van der Waals surface area contributed by atoms with Crippen LogP contribution in [0, 0.1) is 5.92 Å². The van der Waals surface area contributed by atoms with Crippen LogP contribution in [0.5, 0.6) is 0 Å². The summed E-state index contributed by atoms with van der Waals surface area (Å²) in [5, 5.41) is 0. The Kier molecular flexibility index (Phi) is 3.43. The lowest BCUT2D eigenvalue weighted by molar-refractivity contribution is 0.0383. The van der Waals surface area contributed by atoms with Gasteiger partial charge in [-0.15, -0.1) is 0 Å². The molecule has 0 bridgehead atoms. The minimum atomic E-state index is -0.260. The van der Waals surface area contributed by atoms with Crippen LogP contribution in [0.15, 0.2) is 43.0 Å². The molecule has 1 aliphatic carbocycles. The van der Waals surface area contributed by atoms with Gasteiger partial charge in [-0.1, -0.05) is 37.8 Å². The maximum atomic E-state index is 11.8. The molecular formula is C15H16O2. The molecule has 0 N–H and O–H groups in total. The molecule has 2 rings (SSSR count). The third-order valence-electron chi connectivity index (χ3n) is 2.90. The molecule has 0 aromatic heterocycles. The molecule has 17 heavy (non-hydrogen) atoms. The van der Waals surface area contributed by atoms with Crippen molar-refractivity contribution in [1.82, 2.24) is 0 Å². The Bertz CT molecular complexity index is 442. The summed E-state index contributed by atoms with van der Waals surface area (Å²) in [6, 6.07) is 7.25. The molecule has 0 amide bonds. The van der Waals surface area contributed by atoms with Gasteiger partial charge in [0.15, 0.2) is 0 Å². The van der Waals surface area contributed by atoms with E-state index < -0.39 is 0 Å². The first-order valence-corrected chi connectivity index (χ1v) is 5.81. The number of allylic oxidation sites excluding steroid dienone is 1. The molecule has 0 saturated carbocycles. The zero-order valence-corrected chi connectivity index (χ0v) is 9.93. The second-order valence-electron chi connectivity index (χ2n) is 4.37. The van der Waals surface area contributed by atoms with Crippen LogP contribution in [0.1, 0.15) is 29.3 Å². The minimum absolute atomic E-state index is 0.0726. The van der Waals surface area contributed by atoms with Crippen LogP contribution < -0.4 is 0 Å². The van der Waals surface area contributed by atoms with Gasteiger partial charge in [0.1, 0.15) is 6.10 Å². The fourth-order valence-electron chi connectivity index (χ4n) is 1.89. The van der Waals surface area contributed by atoms with Gasteiger partial charge in [-0.3, -0.25) is 0 Å². The molecular weight excluding hydrogens is 212 g/mol. The summed E-state index contributed by atoms with van der Waals surface area (Å²) in [6.45, 7) is 5.79. The van der Waals surface area contributed by atoms with E-state index in [2.05, 4.69) is 19.6 Å². The van der Waals surface area contributed by atoms with E-state index >= 15 is 0 Å². The zero-order valence-electron chi connectivity index (χ0n) is 9.93. The Morgan fingerprint density at radius 1 is 1.35 bits per heavy atom. The highest BCUT2D eigenvalue weighted by molar-refractivity contribution is 5.89. The quantitative estimate of drug-likeness (QED) is 0.585. The summed E-state index contributed by atoms with van der Waals surface area (Å²) in [4.78, 5) is 11.8. The van der Waals surface area contributed by atoms with Gasteiger partial charge in [0.05, 0.1) is 5.56 Å². The monoisotopic (exact) mass is 228 g/mol. The van der Waals surface area contributed by atoms with Crippen molar-refractivity contribution < 1.29 is 9.53 Å². The molecule has 2 nitrogen and oxygen atoms in total. The number of ether oxygens (including phenoxy) is 1. The number of hydrogen-bond donors (Lipinski definition) is 0. The SMILES string of the molecule is C=Cc1ccc(C(=O)OC2C=CC(C)C2)cc1. The fourth-order valence-corrected chi connectivity index (χ4v) is 1.89. The zero-order chi connectivity index (χ0) is 12.3. The van der Waals surface area contributed by atoms with Gasteiger partial charge in [-0.2, -0.15) is 0 Å². The van der Waals surface area contributed by atoms with Crippen LogP contribution in [0.2, 0.25) is 0 Å². The van der Waals surface area contributed by atoms with Crippen molar-refractivity contribution in [2.45, 2.75) is 19.4 Å². The van der Waals surface area contributed by atoms with Crippen LogP contribution >= 0.6 is 0 Å². The first kappa shape index (κ1) is 11.6. The average molecular weight is 228 g/mol. The van der Waals surface area contributed by atoms with E-state index in [1.165, 1.54) is 0 Å². The van der Waals surface area contributed by atoms with E-state index in [1.54, 1.807) is 18.2 Å². The van der Waals surface area contributed by atoms with Crippen LogP contribution in [0.25, 0.3) is 6.08 Å². The maximum absolute atomic E-state index is 11.8. The molecule has 2 heteroatoms. The lowest BCUT2D eigenvalue weighted by Gasteiger charge is -2.11. The van der Waals surface area contributed by atoms with Crippen LogP contribution in [-0.4, -0.2) is 12.1 Å². The largest absolute Gasteiger partial charge is 0.455 e. The van der Waals surface area contributed by atoms with Gasteiger partial charge in [0.25, 0.3) is 0 Å². The van der Waals surface area contributed by atoms with Crippen LogP contribution in [-0.2, 0) is 4.74 Å². The van der Waals surface area contributed by atoms with Gasteiger partial charge in [-0.05, 0) is 36.1 Å². The maximum Gasteiger partial charge on any atom is 0.338 e. The Morgan fingerprint density at radius 3 is 2.59 bits per heavy atom. The standard InChI is InChI=1S/C15H16O2/c1-3-12-5-7-13(8-6-12)15(16)17-14-9-4-11(2)10-14/h3-9,11,14H,1,10H2,2H3. The lowest BCUT2D eigenvalue weighted by atomic mass is 10.1. The summed E-state index contributed by atoms with van der Waals surface area (Å²) >= 11 is 0. The number of benzene rings is 1. The van der Waals surface area contributed by atoms with Crippen molar-refractivity contribution in [3.63, 3.8) is 0 Å². The summed E-state index contributed by atoms with van der Waals surface area (Å²) in [6.07, 6.45) is 6.60. The molecule has 0 spiro atoms. The lowest BCUT2D eigenvalue weighted by Crippen LogP contribution is -2.14. The molecule has 1 aromatic rings. The Labute approximate surface area is 102 Å². The van der Waals surface area contributed by atoms with Crippen molar-refractivity contribution in [2.24, 2.45) is 5.92 Å². The first-order valence-electron chi connectivity index (χ1n) is 5.81. The molecule has 2 atom stereocenters.